The predicted molar refractivity (Wildman–Crippen MR) is 124 cm³/mol. The highest BCUT2D eigenvalue weighted by Crippen LogP contribution is 2.41. The Kier molecular flexibility index (Phi) is 8.08. The first-order chi connectivity index (χ1) is 12.5. The van der Waals surface area contributed by atoms with Gasteiger partial charge < -0.3 is 10.2 Å². The molecule has 0 spiro atoms. The van der Waals surface area contributed by atoms with Gasteiger partial charge in [0.15, 0.2) is 5.96 Å². The molecule has 0 unspecified atom stereocenters. The van der Waals surface area contributed by atoms with Gasteiger partial charge in [0.05, 0.1) is 6.54 Å². The third kappa shape index (κ3) is 5.22. The van der Waals surface area contributed by atoms with E-state index in [1.807, 2.05) is 21.1 Å². The fraction of sp³-hybridized carbons (Fsp3) is 0.526. The molecule has 1 aromatic carbocycles. The lowest BCUT2D eigenvalue weighted by Gasteiger charge is -2.32. The lowest BCUT2D eigenvalue weighted by molar-refractivity contribution is 0.403. The number of nitrogens with one attached hydrogen (secondary N) is 1. The van der Waals surface area contributed by atoms with Gasteiger partial charge in [-0.2, -0.15) is 5.10 Å². The fourth-order valence-corrected chi connectivity index (χ4v) is 4.07. The number of nitrogens with zero attached hydrogens (tertiary/aromatic N) is 5. The summed E-state index contributed by atoms with van der Waals surface area (Å²) >= 11 is 3.54. The molecule has 0 atom stereocenters. The van der Waals surface area contributed by atoms with Crippen LogP contribution in [0.25, 0.3) is 0 Å². The van der Waals surface area contributed by atoms with Crippen LogP contribution < -0.4 is 5.32 Å². The van der Waals surface area contributed by atoms with E-state index in [0.717, 1.165) is 22.8 Å². The van der Waals surface area contributed by atoms with Crippen molar-refractivity contribution in [2.24, 2.45) is 12.0 Å². The second-order valence-electron chi connectivity index (χ2n) is 7.05. The number of aryl methyl sites for hydroxylation is 1. The van der Waals surface area contributed by atoms with E-state index in [9.17, 15) is 0 Å². The van der Waals surface area contributed by atoms with Crippen LogP contribution in [0.5, 0.6) is 0 Å². The van der Waals surface area contributed by atoms with Crippen LogP contribution in [-0.2, 0) is 19.0 Å². The van der Waals surface area contributed by atoms with Crippen LogP contribution >= 0.6 is 39.9 Å². The average Bonchev–Trinajstić information content (AvgIpc) is 3.26. The molecule has 8 heteroatoms. The van der Waals surface area contributed by atoms with E-state index < -0.39 is 0 Å². The summed E-state index contributed by atoms with van der Waals surface area (Å²) in [5.41, 5.74) is 1.60. The Balaban J connectivity index is 0.00000261. The van der Waals surface area contributed by atoms with Gasteiger partial charge in [-0.1, -0.05) is 40.9 Å². The van der Waals surface area contributed by atoms with Crippen molar-refractivity contribution in [1.82, 2.24) is 25.0 Å². The Morgan fingerprint density at radius 3 is 2.52 bits per heavy atom. The zero-order valence-electron chi connectivity index (χ0n) is 16.2. The zero-order valence-corrected chi connectivity index (χ0v) is 20.1. The molecule has 1 saturated carbocycles. The highest BCUT2D eigenvalue weighted by atomic mass is 127. The maximum Gasteiger partial charge on any atom is 0.193 e. The molecule has 0 radical (unpaired) electrons. The summed E-state index contributed by atoms with van der Waals surface area (Å²) in [6.07, 6.45) is 6.58. The van der Waals surface area contributed by atoms with Gasteiger partial charge in [-0.15, -0.1) is 24.0 Å². The summed E-state index contributed by atoms with van der Waals surface area (Å²) in [7, 11) is 5.77. The summed E-state index contributed by atoms with van der Waals surface area (Å²) in [5.74, 6) is 1.80. The molecule has 0 bridgehead atoms. The second kappa shape index (κ2) is 9.86. The van der Waals surface area contributed by atoms with Crippen LogP contribution in [0.4, 0.5) is 0 Å². The summed E-state index contributed by atoms with van der Waals surface area (Å²) in [4.78, 5) is 10.9. The van der Waals surface area contributed by atoms with Crippen molar-refractivity contribution in [3.8, 4) is 0 Å². The maximum absolute atomic E-state index is 4.46. The third-order valence-corrected chi connectivity index (χ3v) is 5.89. The van der Waals surface area contributed by atoms with Gasteiger partial charge in [-0.05, 0) is 30.5 Å². The average molecular weight is 547 g/mol. The van der Waals surface area contributed by atoms with E-state index in [1.54, 1.807) is 11.0 Å². The molecule has 1 heterocycles. The van der Waals surface area contributed by atoms with Crippen molar-refractivity contribution in [2.75, 3.05) is 20.6 Å². The largest absolute Gasteiger partial charge is 0.355 e. The number of aromatic nitrogens is 3. The minimum Gasteiger partial charge on any atom is -0.355 e. The number of benzene rings is 1. The molecule has 6 nitrogen and oxygen atoms in total. The molecule has 0 saturated heterocycles. The van der Waals surface area contributed by atoms with Crippen LogP contribution in [0, 0.1) is 0 Å². The van der Waals surface area contributed by atoms with Crippen molar-refractivity contribution in [3.63, 3.8) is 0 Å². The van der Waals surface area contributed by atoms with E-state index >= 15 is 0 Å². The van der Waals surface area contributed by atoms with Crippen molar-refractivity contribution in [1.29, 1.82) is 0 Å². The number of aliphatic imine (C=N–C) groups is 1. The maximum atomic E-state index is 4.46. The SMILES string of the molecule is CN=C(NCC1(c2ccc(Br)cc2)CCCC1)N(C)Cc1ncnn1C.I. The molecule has 1 N–H and O–H groups in total. The van der Waals surface area contributed by atoms with E-state index in [1.165, 1.54) is 31.2 Å². The number of guanidine groups is 1. The molecule has 27 heavy (non-hydrogen) atoms. The highest BCUT2D eigenvalue weighted by Gasteiger charge is 2.35. The Morgan fingerprint density at radius 1 is 1.30 bits per heavy atom. The quantitative estimate of drug-likeness (QED) is 0.353. The topological polar surface area (TPSA) is 58.3 Å². The smallest absolute Gasteiger partial charge is 0.193 e. The van der Waals surface area contributed by atoms with E-state index in [2.05, 4.69) is 65.5 Å². The predicted octanol–water partition coefficient (Wildman–Crippen LogP) is 3.71. The number of rotatable bonds is 5. The molecule has 2 aromatic rings. The van der Waals surface area contributed by atoms with Crippen molar-refractivity contribution >= 4 is 45.9 Å². The molecule has 0 aliphatic heterocycles. The van der Waals surface area contributed by atoms with E-state index in [4.69, 9.17) is 0 Å². The van der Waals surface area contributed by atoms with Crippen LogP contribution in [-0.4, -0.2) is 46.3 Å². The van der Waals surface area contributed by atoms with Gasteiger partial charge in [0.1, 0.15) is 12.2 Å². The van der Waals surface area contributed by atoms with Gasteiger partial charge in [-0.25, -0.2) is 4.98 Å². The third-order valence-electron chi connectivity index (χ3n) is 5.36. The van der Waals surface area contributed by atoms with Crippen LogP contribution in [0.3, 0.4) is 0 Å². The number of halogens is 2. The Bertz CT molecular complexity index is 752. The monoisotopic (exact) mass is 546 g/mol. The van der Waals surface area contributed by atoms with Gasteiger partial charge in [0.25, 0.3) is 0 Å². The van der Waals surface area contributed by atoms with Crippen LogP contribution in [0.2, 0.25) is 0 Å². The van der Waals surface area contributed by atoms with Gasteiger partial charge in [0.2, 0.25) is 0 Å². The first-order valence-electron chi connectivity index (χ1n) is 9.05. The summed E-state index contributed by atoms with van der Waals surface area (Å²) in [6.45, 7) is 1.56. The first-order valence-corrected chi connectivity index (χ1v) is 9.84. The van der Waals surface area contributed by atoms with Gasteiger partial charge >= 0.3 is 0 Å². The molecule has 1 aromatic heterocycles. The normalized spacial score (nSPS) is 16.1. The van der Waals surface area contributed by atoms with Gasteiger partial charge in [0, 0.05) is 37.6 Å². The lowest BCUT2D eigenvalue weighted by Crippen LogP contribution is -2.45. The Hall–Kier alpha value is -1.16. The minimum absolute atomic E-state index is 0. The molecule has 1 aliphatic rings. The highest BCUT2D eigenvalue weighted by molar-refractivity contribution is 14.0. The number of hydrogen-bond acceptors (Lipinski definition) is 3. The Labute approximate surface area is 187 Å². The van der Waals surface area contributed by atoms with Crippen molar-refractivity contribution in [3.05, 3.63) is 46.5 Å². The molecular weight excluding hydrogens is 519 g/mol. The molecule has 0 amide bonds. The zero-order chi connectivity index (χ0) is 18.6. The summed E-state index contributed by atoms with van der Waals surface area (Å²) < 4.78 is 2.92. The van der Waals surface area contributed by atoms with Crippen LogP contribution in [0.15, 0.2) is 40.1 Å². The summed E-state index contributed by atoms with van der Waals surface area (Å²) in [5, 5.41) is 7.74. The fourth-order valence-electron chi connectivity index (χ4n) is 3.81. The minimum atomic E-state index is 0. The van der Waals surface area contributed by atoms with Crippen molar-refractivity contribution in [2.45, 2.75) is 37.6 Å². The second-order valence-corrected chi connectivity index (χ2v) is 7.97. The number of hydrogen-bond donors (Lipinski definition) is 1. The van der Waals surface area contributed by atoms with Crippen molar-refractivity contribution < 1.29 is 0 Å². The van der Waals surface area contributed by atoms with E-state index in [-0.39, 0.29) is 29.4 Å². The lowest BCUT2D eigenvalue weighted by atomic mass is 9.79. The molecule has 1 aliphatic carbocycles. The molecule has 1 fully saturated rings. The molecular formula is C19H28BrIN6. The molecule has 3 rings (SSSR count). The van der Waals surface area contributed by atoms with Gasteiger partial charge in [-0.3, -0.25) is 9.67 Å². The molecule has 148 valence electrons. The standard InChI is InChI=1S/C19H27BrN6.HI/c1-21-18(25(2)12-17-23-14-24-26(17)3)22-13-19(10-4-5-11-19)15-6-8-16(20)9-7-15;/h6-9,14H,4-5,10-13H2,1-3H3,(H,21,22);1H. The first kappa shape index (κ1) is 22.1. The van der Waals surface area contributed by atoms with Crippen LogP contribution in [0.1, 0.15) is 37.1 Å². The summed E-state index contributed by atoms with van der Waals surface area (Å²) in [6, 6.07) is 8.79. The Morgan fingerprint density at radius 2 is 1.96 bits per heavy atom. The van der Waals surface area contributed by atoms with E-state index in [0.29, 0.717) is 6.54 Å².